The molecule has 1 aliphatic rings. The van der Waals surface area contributed by atoms with Gasteiger partial charge in [0.05, 0.1) is 11.4 Å². The van der Waals surface area contributed by atoms with Crippen LogP contribution in [-0.4, -0.2) is 31.2 Å². The summed E-state index contributed by atoms with van der Waals surface area (Å²) in [5.41, 5.74) is 2.28. The highest BCUT2D eigenvalue weighted by Crippen LogP contribution is 2.25. The second-order valence-corrected chi connectivity index (χ2v) is 9.60. The summed E-state index contributed by atoms with van der Waals surface area (Å²) in [6.07, 6.45) is 3.83. The van der Waals surface area contributed by atoms with E-state index in [2.05, 4.69) is 5.32 Å². The first-order chi connectivity index (χ1) is 13.9. The van der Waals surface area contributed by atoms with Crippen molar-refractivity contribution in [3.8, 4) is 0 Å². The molecule has 0 atom stereocenters. The molecule has 0 spiro atoms. The summed E-state index contributed by atoms with van der Waals surface area (Å²) >= 11 is 6.07. The van der Waals surface area contributed by atoms with Gasteiger partial charge in [0.2, 0.25) is 15.9 Å². The summed E-state index contributed by atoms with van der Waals surface area (Å²) in [7, 11) is -3.23. The Morgan fingerprint density at radius 1 is 1.07 bits per heavy atom. The molecule has 6 nitrogen and oxygen atoms in total. The predicted octanol–water partition coefficient (Wildman–Crippen LogP) is 4.25. The second kappa shape index (κ2) is 8.08. The summed E-state index contributed by atoms with van der Waals surface area (Å²) in [4.78, 5) is 12.3. The molecular formula is C21H22ClN3O3S. The molecule has 1 aromatic heterocycles. The molecule has 1 N–H and O–H groups in total. The van der Waals surface area contributed by atoms with Gasteiger partial charge in [0, 0.05) is 41.9 Å². The number of amides is 1. The number of nitrogens with zero attached hydrogens (tertiary/aromatic N) is 2. The zero-order valence-corrected chi connectivity index (χ0v) is 17.4. The Hall–Kier alpha value is -2.51. The smallest absolute Gasteiger partial charge is 0.235 e. The summed E-state index contributed by atoms with van der Waals surface area (Å²) in [5.74, 6) is 0.0809. The van der Waals surface area contributed by atoms with Crippen molar-refractivity contribution in [3.05, 3.63) is 59.8 Å². The first kappa shape index (κ1) is 19.8. The Balaban J connectivity index is 1.38. The van der Waals surface area contributed by atoms with Gasteiger partial charge in [-0.25, -0.2) is 8.42 Å². The summed E-state index contributed by atoms with van der Waals surface area (Å²) in [5, 5.41) is 4.61. The molecule has 2 heterocycles. The van der Waals surface area contributed by atoms with Gasteiger partial charge in [0.25, 0.3) is 0 Å². The van der Waals surface area contributed by atoms with Crippen LogP contribution in [0.5, 0.6) is 0 Å². The third-order valence-corrected chi connectivity index (χ3v) is 7.21. The number of aryl methyl sites for hydroxylation is 1. The number of benzene rings is 2. The van der Waals surface area contributed by atoms with Crippen molar-refractivity contribution >= 4 is 49.8 Å². The third-order valence-electron chi connectivity index (χ3n) is 5.10. The third kappa shape index (κ3) is 4.41. The van der Waals surface area contributed by atoms with E-state index in [0.717, 1.165) is 17.3 Å². The van der Waals surface area contributed by atoms with E-state index < -0.39 is 10.0 Å². The number of carbonyl (C=O) groups is 1. The van der Waals surface area contributed by atoms with Crippen molar-refractivity contribution in [2.24, 2.45) is 0 Å². The van der Waals surface area contributed by atoms with Gasteiger partial charge in [-0.1, -0.05) is 17.7 Å². The van der Waals surface area contributed by atoms with Gasteiger partial charge < -0.3 is 9.88 Å². The monoisotopic (exact) mass is 431 g/mol. The number of hydrogen-bond acceptors (Lipinski definition) is 3. The number of sulfonamides is 1. The van der Waals surface area contributed by atoms with Crippen LogP contribution >= 0.6 is 11.6 Å². The lowest BCUT2D eigenvalue weighted by Gasteiger charge is -2.28. The molecule has 0 aliphatic carbocycles. The van der Waals surface area contributed by atoms with Crippen LogP contribution in [0.15, 0.2) is 54.7 Å². The Labute approximate surface area is 175 Å². The van der Waals surface area contributed by atoms with E-state index in [4.69, 9.17) is 11.6 Å². The molecular weight excluding hydrogens is 410 g/mol. The van der Waals surface area contributed by atoms with Crippen molar-refractivity contribution in [2.45, 2.75) is 25.8 Å². The quantitative estimate of drug-likeness (QED) is 0.656. The maximum absolute atomic E-state index is 12.3. The lowest BCUT2D eigenvalue weighted by atomic mass is 10.2. The molecule has 1 aliphatic heterocycles. The number of hydrogen-bond donors (Lipinski definition) is 1. The van der Waals surface area contributed by atoms with Crippen LogP contribution in [0.1, 0.15) is 19.3 Å². The Bertz CT molecular complexity index is 1140. The first-order valence-corrected chi connectivity index (χ1v) is 11.6. The minimum Gasteiger partial charge on any atom is -0.347 e. The summed E-state index contributed by atoms with van der Waals surface area (Å²) in [6.45, 7) is 1.04. The fourth-order valence-corrected chi connectivity index (χ4v) is 5.39. The highest BCUT2D eigenvalue weighted by Gasteiger charge is 2.25. The van der Waals surface area contributed by atoms with E-state index in [0.29, 0.717) is 42.3 Å². The number of nitrogens with one attached hydrogen (secondary N) is 1. The average molecular weight is 432 g/mol. The Morgan fingerprint density at radius 2 is 1.86 bits per heavy atom. The fraction of sp³-hybridized carbons (Fsp3) is 0.286. The molecule has 2 aromatic carbocycles. The molecule has 3 aromatic rings. The Morgan fingerprint density at radius 3 is 2.62 bits per heavy atom. The number of fused-ring (bicyclic) bond motifs is 1. The molecule has 0 saturated carbocycles. The largest absolute Gasteiger partial charge is 0.347 e. The maximum Gasteiger partial charge on any atom is 0.235 e. The lowest BCUT2D eigenvalue weighted by molar-refractivity contribution is -0.116. The standard InChI is InChI=1S/C21H22ClN3O3S/c22-17-4-3-16-9-12-24(20(16)15-17)13-10-21(26)23-18-5-7-19(8-6-18)25-11-1-2-14-29(25,27)28/h3-9,12,15H,1-2,10-11,13-14H2,(H,23,26). The number of carbonyl (C=O) groups excluding carboxylic acids is 1. The number of aromatic nitrogens is 1. The van der Waals surface area contributed by atoms with Crippen LogP contribution in [0.4, 0.5) is 11.4 Å². The Kier molecular flexibility index (Phi) is 5.52. The molecule has 0 radical (unpaired) electrons. The first-order valence-electron chi connectivity index (χ1n) is 9.57. The van der Waals surface area contributed by atoms with E-state index in [9.17, 15) is 13.2 Å². The second-order valence-electron chi connectivity index (χ2n) is 7.15. The summed E-state index contributed by atoms with van der Waals surface area (Å²) < 4.78 is 27.9. The number of rotatable bonds is 5. The fourth-order valence-electron chi connectivity index (χ4n) is 3.59. The van der Waals surface area contributed by atoms with E-state index >= 15 is 0 Å². The molecule has 4 rings (SSSR count). The van der Waals surface area contributed by atoms with Crippen LogP contribution in [-0.2, 0) is 21.4 Å². The maximum atomic E-state index is 12.3. The number of halogens is 1. The van der Waals surface area contributed by atoms with E-state index in [1.54, 1.807) is 24.3 Å². The van der Waals surface area contributed by atoms with E-state index in [-0.39, 0.29) is 11.7 Å². The van der Waals surface area contributed by atoms with E-state index in [1.165, 1.54) is 4.31 Å². The van der Waals surface area contributed by atoms with Gasteiger partial charge in [0.15, 0.2) is 0 Å². The zero-order chi connectivity index (χ0) is 20.4. The van der Waals surface area contributed by atoms with Crippen LogP contribution < -0.4 is 9.62 Å². The van der Waals surface area contributed by atoms with Crippen molar-refractivity contribution in [1.29, 1.82) is 0 Å². The molecule has 152 valence electrons. The number of anilines is 2. The molecule has 0 unspecified atom stereocenters. The van der Waals surface area contributed by atoms with Crippen LogP contribution in [0.3, 0.4) is 0 Å². The molecule has 1 fully saturated rings. The molecule has 1 amide bonds. The van der Waals surface area contributed by atoms with E-state index in [1.807, 2.05) is 35.0 Å². The highest BCUT2D eigenvalue weighted by molar-refractivity contribution is 7.92. The van der Waals surface area contributed by atoms with Gasteiger partial charge in [-0.2, -0.15) is 0 Å². The minimum atomic E-state index is -3.23. The average Bonchev–Trinajstić information content (AvgIpc) is 3.09. The van der Waals surface area contributed by atoms with Crippen LogP contribution in [0.2, 0.25) is 5.02 Å². The normalized spacial score (nSPS) is 16.1. The highest BCUT2D eigenvalue weighted by atomic mass is 35.5. The predicted molar refractivity (Wildman–Crippen MR) is 117 cm³/mol. The van der Waals surface area contributed by atoms with Gasteiger partial charge >= 0.3 is 0 Å². The van der Waals surface area contributed by atoms with Gasteiger partial charge in [0.1, 0.15) is 0 Å². The molecule has 0 bridgehead atoms. The summed E-state index contributed by atoms with van der Waals surface area (Å²) in [6, 6.07) is 14.6. The SMILES string of the molecule is O=C(CCn1ccc2ccc(Cl)cc21)Nc1ccc(N2CCCCS2(=O)=O)cc1. The van der Waals surface area contributed by atoms with Crippen molar-refractivity contribution < 1.29 is 13.2 Å². The van der Waals surface area contributed by atoms with Gasteiger partial charge in [-0.05, 0) is 60.7 Å². The van der Waals surface area contributed by atoms with Crippen molar-refractivity contribution in [2.75, 3.05) is 21.9 Å². The van der Waals surface area contributed by atoms with Crippen LogP contribution in [0.25, 0.3) is 10.9 Å². The van der Waals surface area contributed by atoms with Gasteiger partial charge in [-0.15, -0.1) is 0 Å². The van der Waals surface area contributed by atoms with Crippen molar-refractivity contribution in [3.63, 3.8) is 0 Å². The van der Waals surface area contributed by atoms with Crippen molar-refractivity contribution in [1.82, 2.24) is 4.57 Å². The van der Waals surface area contributed by atoms with Crippen LogP contribution in [0, 0.1) is 0 Å². The molecule has 1 saturated heterocycles. The topological polar surface area (TPSA) is 71.4 Å². The minimum absolute atomic E-state index is 0.104. The molecule has 8 heteroatoms. The molecule has 29 heavy (non-hydrogen) atoms. The van der Waals surface area contributed by atoms with Gasteiger partial charge in [-0.3, -0.25) is 9.10 Å². The zero-order valence-electron chi connectivity index (χ0n) is 15.8. The lowest BCUT2D eigenvalue weighted by Crippen LogP contribution is -2.37.